The number of rotatable bonds is 10. The van der Waals surface area contributed by atoms with Crippen LogP contribution in [0.2, 0.25) is 0 Å². The minimum absolute atomic E-state index is 0.0197. The molecular weight excluding hydrogens is 523 g/mol. The molecule has 0 bridgehead atoms. The van der Waals surface area contributed by atoms with Crippen LogP contribution in [0.15, 0.2) is 48.7 Å². The summed E-state index contributed by atoms with van der Waals surface area (Å²) in [4.78, 5) is 40.5. The first-order chi connectivity index (χ1) is 19.2. The number of aromatic nitrogens is 3. The van der Waals surface area contributed by atoms with Crippen molar-refractivity contribution >= 4 is 17.4 Å². The van der Waals surface area contributed by atoms with Gasteiger partial charge < -0.3 is 15.0 Å². The number of pyridine rings is 1. The molecule has 0 amide bonds. The zero-order valence-electron chi connectivity index (χ0n) is 21.9. The summed E-state index contributed by atoms with van der Waals surface area (Å²) in [5, 5.41) is 3.18. The lowest BCUT2D eigenvalue weighted by molar-refractivity contribution is -0.137. The summed E-state index contributed by atoms with van der Waals surface area (Å²) in [6.07, 6.45) is 1.78. The molecule has 11 heteroatoms. The van der Waals surface area contributed by atoms with Crippen LogP contribution >= 0.6 is 0 Å². The normalized spacial score (nSPS) is 17.8. The van der Waals surface area contributed by atoms with Crippen molar-refractivity contribution in [2.24, 2.45) is 0 Å². The molecule has 0 spiro atoms. The van der Waals surface area contributed by atoms with E-state index in [1.54, 1.807) is 30.3 Å². The van der Waals surface area contributed by atoms with Crippen molar-refractivity contribution in [3.63, 3.8) is 0 Å². The van der Waals surface area contributed by atoms with Crippen LogP contribution in [0.5, 0.6) is 11.6 Å². The number of ether oxygens (including phenoxy) is 1. The number of likely N-dealkylation sites (tertiary alicyclic amines) is 1. The van der Waals surface area contributed by atoms with Crippen LogP contribution in [0.4, 0.5) is 19.0 Å². The maximum atomic E-state index is 13.1. The van der Waals surface area contributed by atoms with Gasteiger partial charge >= 0.3 is 6.18 Å². The van der Waals surface area contributed by atoms with Crippen LogP contribution in [-0.4, -0.2) is 57.1 Å². The molecule has 1 saturated heterocycles. The number of hydrogen-bond donors (Lipinski definition) is 1. The fourth-order valence-corrected chi connectivity index (χ4v) is 4.94. The van der Waals surface area contributed by atoms with Gasteiger partial charge in [0.1, 0.15) is 17.3 Å². The summed E-state index contributed by atoms with van der Waals surface area (Å²) in [5.41, 5.74) is 0.0374. The fraction of sp³-hybridized carbons (Fsp3) is 0.414. The third kappa shape index (κ3) is 7.01. The molecule has 3 heterocycles. The lowest BCUT2D eigenvalue weighted by atomic mass is 10.1. The van der Waals surface area contributed by atoms with Gasteiger partial charge in [-0.05, 0) is 82.1 Å². The molecule has 2 fully saturated rings. The number of halogens is 3. The number of anilines is 1. The van der Waals surface area contributed by atoms with E-state index in [9.17, 15) is 22.8 Å². The second-order valence-electron chi connectivity index (χ2n) is 10.1. The molecule has 1 aliphatic carbocycles. The summed E-state index contributed by atoms with van der Waals surface area (Å²) in [5.74, 6) is 1.15. The van der Waals surface area contributed by atoms with Crippen molar-refractivity contribution in [3.8, 4) is 23.0 Å². The molecule has 1 aromatic carbocycles. The second kappa shape index (κ2) is 12.1. The summed E-state index contributed by atoms with van der Waals surface area (Å²) in [7, 11) is 0. The SMILES string of the molecule is O=C(CCCN1CCCC1)c1cc(N[C@H]2CCCC2=O)nc(-c2ccc(Oc3ccc(C(F)(F)F)cn3)cc2)n1. The van der Waals surface area contributed by atoms with Crippen LogP contribution in [0.25, 0.3) is 11.4 Å². The first-order valence-corrected chi connectivity index (χ1v) is 13.5. The standard InChI is InChI=1S/C29H30F3N5O3/c30-29(31,32)20-10-13-27(33-18-20)40-21-11-8-19(9-12-21)28-35-23(25(39)7-4-16-37-14-1-2-15-37)17-26(36-28)34-22-5-3-6-24(22)38/h8-13,17-18,22H,1-7,14-16H2,(H,34,35,36)/t22-/m0/s1. The van der Waals surface area contributed by atoms with Gasteiger partial charge in [0.05, 0.1) is 11.6 Å². The van der Waals surface area contributed by atoms with E-state index < -0.39 is 11.7 Å². The van der Waals surface area contributed by atoms with Gasteiger partial charge in [-0.25, -0.2) is 15.0 Å². The van der Waals surface area contributed by atoms with Gasteiger partial charge in [-0.3, -0.25) is 9.59 Å². The number of benzene rings is 1. The minimum atomic E-state index is -4.48. The zero-order valence-corrected chi connectivity index (χ0v) is 21.9. The number of Topliss-reactive ketones (excluding diaryl/α,β-unsaturated/α-hetero) is 2. The van der Waals surface area contributed by atoms with Crippen molar-refractivity contribution in [1.29, 1.82) is 0 Å². The van der Waals surface area contributed by atoms with E-state index >= 15 is 0 Å². The lowest BCUT2D eigenvalue weighted by Crippen LogP contribution is -2.24. The molecule has 40 heavy (non-hydrogen) atoms. The van der Waals surface area contributed by atoms with Gasteiger partial charge in [0.2, 0.25) is 5.88 Å². The zero-order chi connectivity index (χ0) is 28.1. The van der Waals surface area contributed by atoms with E-state index in [1.807, 2.05) is 0 Å². The summed E-state index contributed by atoms with van der Waals surface area (Å²) in [6.45, 7) is 3.02. The number of nitrogens with zero attached hydrogens (tertiary/aromatic N) is 4. The average Bonchev–Trinajstić information content (AvgIpc) is 3.60. The molecule has 1 aliphatic heterocycles. The van der Waals surface area contributed by atoms with Crippen molar-refractivity contribution in [2.45, 2.75) is 57.2 Å². The van der Waals surface area contributed by atoms with Crippen molar-refractivity contribution < 1.29 is 27.5 Å². The Bertz CT molecular complexity index is 1340. The Kier molecular flexibility index (Phi) is 8.39. The Morgan fingerprint density at radius 2 is 1.82 bits per heavy atom. The highest BCUT2D eigenvalue weighted by Crippen LogP contribution is 2.31. The minimum Gasteiger partial charge on any atom is -0.439 e. The van der Waals surface area contributed by atoms with Gasteiger partial charge in [0, 0.05) is 36.7 Å². The molecule has 1 N–H and O–H groups in total. The number of nitrogens with one attached hydrogen (secondary N) is 1. The third-order valence-corrected chi connectivity index (χ3v) is 7.11. The summed E-state index contributed by atoms with van der Waals surface area (Å²) in [6, 6.07) is 9.96. The fourth-order valence-electron chi connectivity index (χ4n) is 4.94. The van der Waals surface area contributed by atoms with E-state index in [0.29, 0.717) is 42.2 Å². The largest absolute Gasteiger partial charge is 0.439 e. The first kappa shape index (κ1) is 27.7. The number of carbonyl (C=O) groups excluding carboxylic acids is 2. The monoisotopic (exact) mass is 553 g/mol. The Balaban J connectivity index is 1.32. The highest BCUT2D eigenvalue weighted by Gasteiger charge is 2.31. The van der Waals surface area contributed by atoms with E-state index in [4.69, 9.17) is 4.74 Å². The molecule has 3 aromatic rings. The number of hydrogen-bond acceptors (Lipinski definition) is 8. The van der Waals surface area contributed by atoms with Crippen LogP contribution in [0.3, 0.4) is 0 Å². The Hall–Kier alpha value is -3.86. The third-order valence-electron chi connectivity index (χ3n) is 7.11. The maximum absolute atomic E-state index is 13.1. The molecule has 0 unspecified atom stereocenters. The predicted octanol–water partition coefficient (Wildman–Crippen LogP) is 5.94. The Labute approximate surface area is 230 Å². The number of ketones is 2. The molecule has 0 radical (unpaired) electrons. The van der Waals surface area contributed by atoms with Crippen molar-refractivity contribution in [3.05, 3.63) is 59.9 Å². The highest BCUT2D eigenvalue weighted by atomic mass is 19.4. The molecule has 2 aliphatic rings. The molecule has 2 aromatic heterocycles. The quantitative estimate of drug-likeness (QED) is 0.308. The Morgan fingerprint density at radius 1 is 1.05 bits per heavy atom. The van der Waals surface area contributed by atoms with Crippen molar-refractivity contribution in [1.82, 2.24) is 19.9 Å². The Morgan fingerprint density at radius 3 is 2.48 bits per heavy atom. The first-order valence-electron chi connectivity index (χ1n) is 13.5. The van der Waals surface area contributed by atoms with E-state index in [1.165, 1.54) is 12.8 Å². The molecule has 1 atom stereocenters. The molecule has 8 nitrogen and oxygen atoms in total. The highest BCUT2D eigenvalue weighted by molar-refractivity contribution is 5.95. The summed E-state index contributed by atoms with van der Waals surface area (Å²) >= 11 is 0. The van der Waals surface area contributed by atoms with Gasteiger partial charge in [0.25, 0.3) is 0 Å². The van der Waals surface area contributed by atoms with Crippen LogP contribution in [0, 0.1) is 0 Å². The van der Waals surface area contributed by atoms with Crippen molar-refractivity contribution in [2.75, 3.05) is 25.0 Å². The van der Waals surface area contributed by atoms with Crippen LogP contribution in [-0.2, 0) is 11.0 Å². The molecule has 1 saturated carbocycles. The maximum Gasteiger partial charge on any atom is 0.417 e. The summed E-state index contributed by atoms with van der Waals surface area (Å²) < 4.78 is 43.9. The predicted molar refractivity (Wildman–Crippen MR) is 142 cm³/mol. The van der Waals surface area contributed by atoms with Crippen LogP contribution < -0.4 is 10.1 Å². The topological polar surface area (TPSA) is 97.3 Å². The lowest BCUT2D eigenvalue weighted by Gasteiger charge is -2.15. The molecule has 5 rings (SSSR count). The smallest absolute Gasteiger partial charge is 0.417 e. The molecular formula is C29H30F3N5O3. The molecule has 210 valence electrons. The van der Waals surface area contributed by atoms with E-state index in [-0.39, 0.29) is 29.2 Å². The van der Waals surface area contributed by atoms with Gasteiger partial charge in [0.15, 0.2) is 17.4 Å². The second-order valence-corrected chi connectivity index (χ2v) is 10.1. The van der Waals surface area contributed by atoms with Gasteiger partial charge in [-0.1, -0.05) is 0 Å². The number of carbonyl (C=O) groups is 2. The van der Waals surface area contributed by atoms with Crippen LogP contribution in [0.1, 0.15) is 61.0 Å². The van der Waals surface area contributed by atoms with E-state index in [0.717, 1.165) is 50.8 Å². The number of alkyl halides is 3. The average molecular weight is 554 g/mol. The van der Waals surface area contributed by atoms with E-state index in [2.05, 4.69) is 25.2 Å². The van der Waals surface area contributed by atoms with Gasteiger partial charge in [-0.2, -0.15) is 13.2 Å². The van der Waals surface area contributed by atoms with Gasteiger partial charge in [-0.15, -0.1) is 0 Å².